The summed E-state index contributed by atoms with van der Waals surface area (Å²) in [4.78, 5) is 15.8. The number of benzene rings is 1. The number of nitrogen functional groups attached to an aromatic ring is 1. The number of hydrogen-bond donors (Lipinski definition) is 2. The van der Waals surface area contributed by atoms with Crippen LogP contribution in [0.25, 0.3) is 0 Å². The molecule has 0 unspecified atom stereocenters. The van der Waals surface area contributed by atoms with Crippen LogP contribution in [0.3, 0.4) is 0 Å². The average Bonchev–Trinajstić information content (AvgIpc) is 2.84. The standard InChI is InChI=1S/C16H25N3O2/c1-18(12-16(21)9-3-4-10-16)11-15(20)19(2)14-7-5-13(17)6-8-14/h5-8,21H,3-4,9-12,17H2,1-2H3. The Kier molecular flexibility index (Phi) is 4.85. The van der Waals surface area contributed by atoms with Crippen molar-refractivity contribution in [3.63, 3.8) is 0 Å². The van der Waals surface area contributed by atoms with Crippen molar-refractivity contribution < 1.29 is 9.90 Å². The minimum atomic E-state index is -0.616. The first-order chi connectivity index (χ1) is 9.89. The second-order valence-corrected chi connectivity index (χ2v) is 6.15. The first-order valence-corrected chi connectivity index (χ1v) is 7.43. The van der Waals surface area contributed by atoms with Crippen molar-refractivity contribution >= 4 is 17.3 Å². The molecule has 0 saturated heterocycles. The molecule has 0 atom stereocenters. The van der Waals surface area contributed by atoms with Gasteiger partial charge in [0.2, 0.25) is 5.91 Å². The van der Waals surface area contributed by atoms with Crippen LogP contribution in [0.4, 0.5) is 11.4 Å². The summed E-state index contributed by atoms with van der Waals surface area (Å²) >= 11 is 0. The van der Waals surface area contributed by atoms with Crippen LogP contribution in [-0.2, 0) is 4.79 Å². The molecule has 5 nitrogen and oxygen atoms in total. The number of likely N-dealkylation sites (N-methyl/N-ethyl adjacent to an activating group) is 2. The molecule has 1 aromatic carbocycles. The quantitative estimate of drug-likeness (QED) is 0.806. The maximum absolute atomic E-state index is 12.3. The number of rotatable bonds is 5. The van der Waals surface area contributed by atoms with E-state index in [9.17, 15) is 9.90 Å². The molecule has 0 aliphatic heterocycles. The fourth-order valence-electron chi connectivity index (χ4n) is 2.93. The molecule has 0 bridgehead atoms. The largest absolute Gasteiger partial charge is 0.399 e. The Balaban J connectivity index is 1.89. The van der Waals surface area contributed by atoms with Gasteiger partial charge in [-0.15, -0.1) is 0 Å². The van der Waals surface area contributed by atoms with Crippen molar-refractivity contribution in [1.29, 1.82) is 0 Å². The highest BCUT2D eigenvalue weighted by molar-refractivity contribution is 5.94. The summed E-state index contributed by atoms with van der Waals surface area (Å²) in [6.45, 7) is 0.845. The molecule has 1 saturated carbocycles. The number of carbonyl (C=O) groups excluding carboxylic acids is 1. The molecule has 1 fully saturated rings. The summed E-state index contributed by atoms with van der Waals surface area (Å²) in [5.74, 6) is 0.00358. The molecule has 1 amide bonds. The van der Waals surface area contributed by atoms with Crippen LogP contribution in [0, 0.1) is 0 Å². The number of nitrogens with zero attached hydrogens (tertiary/aromatic N) is 2. The third-order valence-corrected chi connectivity index (χ3v) is 4.16. The Bertz CT molecular complexity index is 481. The van der Waals surface area contributed by atoms with Gasteiger partial charge in [0.25, 0.3) is 0 Å². The van der Waals surface area contributed by atoms with Gasteiger partial charge in [-0.25, -0.2) is 0 Å². The molecule has 2 rings (SSSR count). The molecule has 0 spiro atoms. The van der Waals surface area contributed by atoms with Gasteiger partial charge in [-0.2, -0.15) is 0 Å². The lowest BCUT2D eigenvalue weighted by Crippen LogP contribution is -2.44. The van der Waals surface area contributed by atoms with Gasteiger partial charge >= 0.3 is 0 Å². The van der Waals surface area contributed by atoms with Gasteiger partial charge in [0.05, 0.1) is 12.1 Å². The lowest BCUT2D eigenvalue weighted by atomic mass is 10.0. The van der Waals surface area contributed by atoms with E-state index in [2.05, 4.69) is 0 Å². The van der Waals surface area contributed by atoms with Crippen LogP contribution in [0.15, 0.2) is 24.3 Å². The minimum absolute atomic E-state index is 0.00358. The zero-order valence-electron chi connectivity index (χ0n) is 12.9. The molecule has 0 aromatic heterocycles. The molecule has 1 aromatic rings. The molecule has 0 heterocycles. The number of amides is 1. The van der Waals surface area contributed by atoms with Gasteiger partial charge < -0.3 is 15.7 Å². The second-order valence-electron chi connectivity index (χ2n) is 6.15. The van der Waals surface area contributed by atoms with Gasteiger partial charge in [-0.1, -0.05) is 12.8 Å². The van der Waals surface area contributed by atoms with Crippen LogP contribution in [0.5, 0.6) is 0 Å². The van der Waals surface area contributed by atoms with E-state index < -0.39 is 5.60 Å². The fraction of sp³-hybridized carbons (Fsp3) is 0.562. The summed E-state index contributed by atoms with van der Waals surface area (Å²) in [5, 5.41) is 10.4. The third-order valence-electron chi connectivity index (χ3n) is 4.16. The molecule has 1 aliphatic carbocycles. The molecule has 3 N–H and O–H groups in total. The fourth-order valence-corrected chi connectivity index (χ4v) is 2.93. The van der Waals surface area contributed by atoms with Gasteiger partial charge in [0.15, 0.2) is 0 Å². The first kappa shape index (κ1) is 15.8. The zero-order valence-corrected chi connectivity index (χ0v) is 12.9. The molecular weight excluding hydrogens is 266 g/mol. The van der Waals surface area contributed by atoms with Gasteiger partial charge in [-0.3, -0.25) is 9.69 Å². The normalized spacial score (nSPS) is 17.1. The molecule has 5 heteroatoms. The van der Waals surface area contributed by atoms with E-state index in [4.69, 9.17) is 5.73 Å². The summed E-state index contributed by atoms with van der Waals surface area (Å²) in [5.41, 5.74) is 6.54. The van der Waals surface area contributed by atoms with Crippen molar-refractivity contribution in [3.05, 3.63) is 24.3 Å². The predicted molar refractivity (Wildman–Crippen MR) is 85.2 cm³/mol. The van der Waals surface area contributed by atoms with Crippen LogP contribution in [0.1, 0.15) is 25.7 Å². The monoisotopic (exact) mass is 291 g/mol. The Morgan fingerprint density at radius 3 is 2.38 bits per heavy atom. The van der Waals surface area contributed by atoms with Crippen molar-refractivity contribution in [2.24, 2.45) is 0 Å². The molecule has 116 valence electrons. The second kappa shape index (κ2) is 6.45. The third kappa shape index (κ3) is 4.19. The van der Waals surface area contributed by atoms with Gasteiger partial charge in [-0.05, 0) is 44.2 Å². The zero-order chi connectivity index (χ0) is 15.5. The summed E-state index contributed by atoms with van der Waals surface area (Å²) in [6.07, 6.45) is 3.81. The Labute approximate surface area is 126 Å². The highest BCUT2D eigenvalue weighted by atomic mass is 16.3. The smallest absolute Gasteiger partial charge is 0.240 e. The topological polar surface area (TPSA) is 69.8 Å². The van der Waals surface area contributed by atoms with Crippen LogP contribution >= 0.6 is 0 Å². The summed E-state index contributed by atoms with van der Waals surface area (Å²) in [6, 6.07) is 7.23. The van der Waals surface area contributed by atoms with Crippen molar-refractivity contribution in [2.45, 2.75) is 31.3 Å². The predicted octanol–water partition coefficient (Wildman–Crippen LogP) is 1.47. The molecular formula is C16H25N3O2. The maximum Gasteiger partial charge on any atom is 0.240 e. The van der Waals surface area contributed by atoms with Crippen LogP contribution in [-0.4, -0.2) is 48.7 Å². The number of hydrogen-bond acceptors (Lipinski definition) is 4. The van der Waals surface area contributed by atoms with Crippen LogP contribution in [0.2, 0.25) is 0 Å². The Morgan fingerprint density at radius 1 is 1.24 bits per heavy atom. The Morgan fingerprint density at radius 2 is 1.81 bits per heavy atom. The SMILES string of the molecule is CN(CC(=O)N(C)c1ccc(N)cc1)CC1(O)CCCC1. The summed E-state index contributed by atoms with van der Waals surface area (Å²) in [7, 11) is 3.64. The van der Waals surface area contributed by atoms with Crippen molar-refractivity contribution in [2.75, 3.05) is 37.8 Å². The van der Waals surface area contributed by atoms with Crippen molar-refractivity contribution in [1.82, 2.24) is 4.90 Å². The molecule has 0 radical (unpaired) electrons. The van der Waals surface area contributed by atoms with Crippen molar-refractivity contribution in [3.8, 4) is 0 Å². The number of aliphatic hydroxyl groups is 1. The Hall–Kier alpha value is -1.59. The minimum Gasteiger partial charge on any atom is -0.399 e. The van der Waals surface area contributed by atoms with E-state index in [0.717, 1.165) is 31.4 Å². The number of nitrogens with two attached hydrogens (primary N) is 1. The average molecular weight is 291 g/mol. The molecule has 21 heavy (non-hydrogen) atoms. The van der Waals surface area contributed by atoms with E-state index in [1.807, 2.05) is 24.1 Å². The number of carbonyl (C=O) groups is 1. The maximum atomic E-state index is 12.3. The van der Waals surface area contributed by atoms with Gasteiger partial charge in [0.1, 0.15) is 0 Å². The first-order valence-electron chi connectivity index (χ1n) is 7.43. The lowest BCUT2D eigenvalue weighted by molar-refractivity contribution is -0.119. The summed E-state index contributed by atoms with van der Waals surface area (Å²) < 4.78 is 0. The highest BCUT2D eigenvalue weighted by Gasteiger charge is 2.32. The van der Waals surface area contributed by atoms with Crippen LogP contribution < -0.4 is 10.6 Å². The van der Waals surface area contributed by atoms with E-state index >= 15 is 0 Å². The molecule has 1 aliphatic rings. The van der Waals surface area contributed by atoms with Gasteiger partial charge in [0, 0.05) is 25.0 Å². The lowest BCUT2D eigenvalue weighted by Gasteiger charge is -2.29. The highest BCUT2D eigenvalue weighted by Crippen LogP contribution is 2.29. The van der Waals surface area contributed by atoms with E-state index in [1.165, 1.54) is 0 Å². The van der Waals surface area contributed by atoms with E-state index in [-0.39, 0.29) is 5.91 Å². The number of anilines is 2. The van der Waals surface area contributed by atoms with E-state index in [1.54, 1.807) is 24.1 Å². The van der Waals surface area contributed by atoms with E-state index in [0.29, 0.717) is 18.8 Å².